The lowest BCUT2D eigenvalue weighted by molar-refractivity contribution is -0.0932. The quantitative estimate of drug-likeness (QED) is 0.300. The Hall–Kier alpha value is -0.590. The maximum atomic E-state index is 8.02. The van der Waals surface area contributed by atoms with Crippen LogP contribution in [0.25, 0.3) is 0 Å². The Bertz CT molecular complexity index is 75.8. The number of nitriles is 1. The maximum absolute atomic E-state index is 8.02. The third-order valence-electron chi connectivity index (χ3n) is 0.212. The van der Waals surface area contributed by atoms with Crippen LogP contribution in [0.2, 0.25) is 0 Å². The Morgan fingerprint density at radius 2 is 1.83 bits per heavy atom. The van der Waals surface area contributed by atoms with E-state index in [-0.39, 0.29) is 0 Å². The molecule has 0 aliphatic heterocycles. The lowest BCUT2D eigenvalue weighted by atomic mass is 10.4. The molecule has 0 aromatic carbocycles. The van der Waals surface area contributed by atoms with Crippen molar-refractivity contribution in [3.8, 4) is 6.07 Å². The summed E-state index contributed by atoms with van der Waals surface area (Å²) in [6, 6.07) is 1.22. The highest BCUT2D eigenvalue weighted by molar-refractivity contribution is 4.84. The van der Waals surface area contributed by atoms with Crippen LogP contribution in [0.4, 0.5) is 0 Å². The van der Waals surface area contributed by atoms with Gasteiger partial charge in [-0.3, -0.25) is 0 Å². The Labute approximate surface area is 35.5 Å². The molecule has 0 aliphatic carbocycles. The monoisotopic (exact) mass is 87.0 g/mol. The van der Waals surface area contributed by atoms with E-state index in [0.717, 1.165) is 6.92 Å². The summed E-state index contributed by atoms with van der Waals surface area (Å²) < 4.78 is 0. The van der Waals surface area contributed by atoms with Crippen LogP contribution in [0.3, 0.4) is 0 Å². The van der Waals surface area contributed by atoms with Gasteiger partial charge in [-0.2, -0.15) is 5.26 Å². The molecule has 0 aromatic heterocycles. The molecule has 0 heterocycles. The molecule has 0 aliphatic rings. The van der Waals surface area contributed by atoms with Crippen LogP contribution >= 0.6 is 0 Å². The molecule has 0 fully saturated rings. The zero-order chi connectivity index (χ0) is 5.21. The SMILES string of the molecule is CC(O)(O)C#N. The van der Waals surface area contributed by atoms with E-state index in [0.29, 0.717) is 0 Å². The van der Waals surface area contributed by atoms with E-state index < -0.39 is 5.79 Å². The second-order valence-electron chi connectivity index (χ2n) is 1.13. The van der Waals surface area contributed by atoms with Crippen molar-refractivity contribution in [1.82, 2.24) is 0 Å². The van der Waals surface area contributed by atoms with Gasteiger partial charge in [-0.05, 0) is 0 Å². The minimum Gasteiger partial charge on any atom is -0.354 e. The van der Waals surface area contributed by atoms with Crippen molar-refractivity contribution >= 4 is 0 Å². The molecular weight excluding hydrogens is 82.0 g/mol. The van der Waals surface area contributed by atoms with Crippen molar-refractivity contribution in [2.45, 2.75) is 12.7 Å². The van der Waals surface area contributed by atoms with Gasteiger partial charge in [0.1, 0.15) is 6.07 Å². The van der Waals surface area contributed by atoms with Gasteiger partial charge < -0.3 is 10.2 Å². The first kappa shape index (κ1) is 5.41. The number of aliphatic hydroxyl groups is 2. The highest BCUT2D eigenvalue weighted by Crippen LogP contribution is 1.88. The Balaban J connectivity index is 3.55. The summed E-state index contributed by atoms with van der Waals surface area (Å²) >= 11 is 0. The molecule has 0 radical (unpaired) electrons. The Morgan fingerprint density at radius 3 is 1.83 bits per heavy atom. The van der Waals surface area contributed by atoms with Gasteiger partial charge in [0.05, 0.1) is 0 Å². The molecule has 0 atom stereocenters. The molecule has 0 saturated heterocycles. The van der Waals surface area contributed by atoms with E-state index in [2.05, 4.69) is 0 Å². The Morgan fingerprint density at radius 1 is 1.67 bits per heavy atom. The summed E-state index contributed by atoms with van der Waals surface area (Å²) in [6.45, 7) is 0.993. The van der Waals surface area contributed by atoms with Gasteiger partial charge >= 0.3 is 0 Å². The van der Waals surface area contributed by atoms with Gasteiger partial charge in [0, 0.05) is 6.92 Å². The van der Waals surface area contributed by atoms with Crippen molar-refractivity contribution in [3.05, 3.63) is 0 Å². The first-order valence-electron chi connectivity index (χ1n) is 1.42. The van der Waals surface area contributed by atoms with Crippen molar-refractivity contribution in [3.63, 3.8) is 0 Å². The highest BCUT2D eigenvalue weighted by Gasteiger charge is 2.10. The second-order valence-corrected chi connectivity index (χ2v) is 1.13. The fourth-order valence-corrected chi connectivity index (χ4v) is 0. The number of hydrogen-bond donors (Lipinski definition) is 2. The van der Waals surface area contributed by atoms with E-state index in [1.807, 2.05) is 0 Å². The van der Waals surface area contributed by atoms with Gasteiger partial charge in [-0.15, -0.1) is 0 Å². The van der Waals surface area contributed by atoms with E-state index in [9.17, 15) is 0 Å². The van der Waals surface area contributed by atoms with Crippen molar-refractivity contribution in [2.75, 3.05) is 0 Å². The van der Waals surface area contributed by atoms with Crippen LogP contribution in [0.5, 0.6) is 0 Å². The van der Waals surface area contributed by atoms with Gasteiger partial charge in [0.25, 0.3) is 5.79 Å². The van der Waals surface area contributed by atoms with Crippen LogP contribution in [0, 0.1) is 11.3 Å². The van der Waals surface area contributed by atoms with E-state index in [4.69, 9.17) is 15.5 Å². The normalized spacial score (nSPS) is 10.3. The standard InChI is InChI=1S/C3H5NO2/c1-3(5,6)2-4/h5-6H,1H3. The minimum atomic E-state index is -2.15. The van der Waals surface area contributed by atoms with E-state index in [1.165, 1.54) is 6.07 Å². The van der Waals surface area contributed by atoms with Gasteiger partial charge in [-0.1, -0.05) is 0 Å². The summed E-state index contributed by atoms with van der Waals surface area (Å²) in [5, 5.41) is 23.7. The largest absolute Gasteiger partial charge is 0.354 e. The molecule has 34 valence electrons. The molecule has 0 aromatic rings. The smallest absolute Gasteiger partial charge is 0.251 e. The Kier molecular flexibility index (Phi) is 1.13. The van der Waals surface area contributed by atoms with E-state index in [1.54, 1.807) is 0 Å². The zero-order valence-corrected chi connectivity index (χ0v) is 3.34. The average Bonchev–Trinajstić information content (AvgIpc) is 1.35. The lowest BCUT2D eigenvalue weighted by Crippen LogP contribution is -2.18. The summed E-state index contributed by atoms with van der Waals surface area (Å²) in [5.41, 5.74) is 0. The molecule has 0 rings (SSSR count). The molecule has 6 heavy (non-hydrogen) atoms. The number of hydrogen-bond acceptors (Lipinski definition) is 3. The molecule has 0 unspecified atom stereocenters. The van der Waals surface area contributed by atoms with E-state index >= 15 is 0 Å². The zero-order valence-electron chi connectivity index (χ0n) is 3.34. The van der Waals surface area contributed by atoms with Gasteiger partial charge in [0.15, 0.2) is 0 Å². The molecule has 0 saturated carbocycles. The molecule has 0 spiro atoms. The van der Waals surface area contributed by atoms with Gasteiger partial charge in [0.2, 0.25) is 0 Å². The second kappa shape index (κ2) is 1.25. The topological polar surface area (TPSA) is 64.2 Å². The minimum absolute atomic E-state index is 0.993. The molecule has 2 N–H and O–H groups in total. The third-order valence-corrected chi connectivity index (χ3v) is 0.212. The van der Waals surface area contributed by atoms with Crippen molar-refractivity contribution < 1.29 is 10.2 Å². The predicted molar refractivity (Wildman–Crippen MR) is 18.5 cm³/mol. The number of rotatable bonds is 0. The van der Waals surface area contributed by atoms with Crippen LogP contribution in [-0.2, 0) is 0 Å². The van der Waals surface area contributed by atoms with Crippen LogP contribution in [-0.4, -0.2) is 16.0 Å². The fraction of sp³-hybridized carbons (Fsp3) is 0.667. The van der Waals surface area contributed by atoms with Gasteiger partial charge in [-0.25, -0.2) is 0 Å². The third kappa shape index (κ3) is 3.41. The highest BCUT2D eigenvalue weighted by atomic mass is 16.5. The first-order chi connectivity index (χ1) is 2.56. The molecular formula is C3H5NO2. The summed E-state index contributed by atoms with van der Waals surface area (Å²) in [6.07, 6.45) is 0. The molecule has 3 nitrogen and oxygen atoms in total. The maximum Gasteiger partial charge on any atom is 0.251 e. The van der Waals surface area contributed by atoms with Crippen LogP contribution in [0.1, 0.15) is 6.92 Å². The fourth-order valence-electron chi connectivity index (χ4n) is 0. The summed E-state index contributed by atoms with van der Waals surface area (Å²) in [7, 11) is 0. The molecule has 3 heteroatoms. The average molecular weight is 87.1 g/mol. The first-order valence-corrected chi connectivity index (χ1v) is 1.42. The molecule has 0 amide bonds. The van der Waals surface area contributed by atoms with Crippen LogP contribution in [0.15, 0.2) is 0 Å². The number of nitrogens with zero attached hydrogens (tertiary/aromatic N) is 1. The van der Waals surface area contributed by atoms with Crippen LogP contribution < -0.4 is 0 Å². The summed E-state index contributed by atoms with van der Waals surface area (Å²) in [4.78, 5) is 0. The summed E-state index contributed by atoms with van der Waals surface area (Å²) in [5.74, 6) is -2.15. The van der Waals surface area contributed by atoms with Crippen molar-refractivity contribution in [1.29, 1.82) is 5.26 Å². The lowest BCUT2D eigenvalue weighted by Gasteiger charge is -1.99. The van der Waals surface area contributed by atoms with Crippen molar-refractivity contribution in [2.24, 2.45) is 0 Å². The molecule has 0 bridgehead atoms. The predicted octanol–water partition coefficient (Wildman–Crippen LogP) is -0.789.